The summed E-state index contributed by atoms with van der Waals surface area (Å²) in [4.78, 5) is 11.8. The third-order valence-corrected chi connectivity index (χ3v) is 4.24. The van der Waals surface area contributed by atoms with Gasteiger partial charge >= 0.3 is 0 Å². The van der Waals surface area contributed by atoms with Gasteiger partial charge in [-0.2, -0.15) is 0 Å². The zero-order chi connectivity index (χ0) is 15.8. The number of halogens is 1. The van der Waals surface area contributed by atoms with Crippen LogP contribution in [0.5, 0.6) is 5.75 Å². The van der Waals surface area contributed by atoms with Gasteiger partial charge in [-0.1, -0.05) is 46.7 Å². The highest BCUT2D eigenvalue weighted by atomic mass is 79.9. The quantitative estimate of drug-likeness (QED) is 0.746. The molecule has 1 amide bonds. The lowest BCUT2D eigenvalue weighted by Gasteiger charge is -2.06. The zero-order valence-electron chi connectivity index (χ0n) is 12.3. The Morgan fingerprint density at radius 3 is 3.05 bits per heavy atom. The Morgan fingerprint density at radius 2 is 2.27 bits per heavy atom. The average Bonchev–Trinajstić information content (AvgIpc) is 2.92. The predicted molar refractivity (Wildman–Crippen MR) is 91.4 cm³/mol. The smallest absolute Gasteiger partial charge is 0.229 e. The summed E-state index contributed by atoms with van der Waals surface area (Å²) in [6, 6.07) is 7.53. The average molecular weight is 384 g/mol. The molecule has 0 aliphatic rings. The maximum atomic E-state index is 11.8. The van der Waals surface area contributed by atoms with Crippen LogP contribution in [0.4, 0.5) is 5.13 Å². The van der Waals surface area contributed by atoms with Crippen LogP contribution in [0.25, 0.3) is 0 Å². The number of benzene rings is 1. The molecule has 22 heavy (non-hydrogen) atoms. The van der Waals surface area contributed by atoms with E-state index in [0.29, 0.717) is 11.7 Å². The first-order chi connectivity index (χ1) is 10.7. The van der Waals surface area contributed by atoms with Crippen LogP contribution in [-0.4, -0.2) is 22.7 Å². The minimum Gasteiger partial charge on any atom is -0.493 e. The lowest BCUT2D eigenvalue weighted by atomic mass is 10.3. The Hall–Kier alpha value is -1.47. The number of amides is 1. The molecule has 0 aliphatic heterocycles. The lowest BCUT2D eigenvalue weighted by molar-refractivity contribution is -0.116. The molecule has 5 nitrogen and oxygen atoms in total. The topological polar surface area (TPSA) is 64.1 Å². The Balaban J connectivity index is 1.72. The summed E-state index contributed by atoms with van der Waals surface area (Å²) in [6.45, 7) is 2.46. The van der Waals surface area contributed by atoms with Crippen molar-refractivity contribution in [3.05, 3.63) is 33.7 Å². The van der Waals surface area contributed by atoms with Crippen molar-refractivity contribution in [1.29, 1.82) is 0 Å². The highest BCUT2D eigenvalue weighted by Gasteiger charge is 2.08. The molecule has 1 aromatic heterocycles. The van der Waals surface area contributed by atoms with Gasteiger partial charge in [-0.05, 0) is 24.6 Å². The van der Waals surface area contributed by atoms with Crippen molar-refractivity contribution in [2.75, 3.05) is 11.9 Å². The van der Waals surface area contributed by atoms with Gasteiger partial charge in [-0.3, -0.25) is 4.79 Å². The van der Waals surface area contributed by atoms with Gasteiger partial charge in [-0.25, -0.2) is 0 Å². The fourth-order valence-corrected chi connectivity index (χ4v) is 2.91. The number of aromatic nitrogens is 2. The number of aryl methyl sites for hydroxylation is 1. The van der Waals surface area contributed by atoms with Crippen LogP contribution in [0.3, 0.4) is 0 Å². The van der Waals surface area contributed by atoms with Crippen LogP contribution < -0.4 is 10.1 Å². The lowest BCUT2D eigenvalue weighted by Crippen LogP contribution is -2.15. The number of carbonyl (C=O) groups excluding carboxylic acids is 1. The number of carbonyl (C=O) groups is 1. The van der Waals surface area contributed by atoms with E-state index in [2.05, 4.69) is 38.4 Å². The summed E-state index contributed by atoms with van der Waals surface area (Å²) < 4.78 is 6.48. The third kappa shape index (κ3) is 5.73. The van der Waals surface area contributed by atoms with E-state index in [4.69, 9.17) is 4.74 Å². The fourth-order valence-electron chi connectivity index (χ4n) is 1.73. The molecule has 0 aliphatic carbocycles. The third-order valence-electron chi connectivity index (χ3n) is 2.85. The van der Waals surface area contributed by atoms with E-state index in [1.165, 1.54) is 11.3 Å². The molecule has 0 bridgehead atoms. The Morgan fingerprint density at radius 1 is 1.41 bits per heavy atom. The zero-order valence-corrected chi connectivity index (χ0v) is 14.7. The normalized spacial score (nSPS) is 10.5. The molecule has 1 N–H and O–H groups in total. The molecule has 7 heteroatoms. The molecule has 0 unspecified atom stereocenters. The number of ether oxygens (including phenoxy) is 1. The fraction of sp³-hybridized carbons (Fsp3) is 0.400. The van der Waals surface area contributed by atoms with Crippen LogP contribution in [-0.2, 0) is 11.2 Å². The van der Waals surface area contributed by atoms with E-state index in [9.17, 15) is 4.79 Å². The largest absolute Gasteiger partial charge is 0.493 e. The van der Waals surface area contributed by atoms with Gasteiger partial charge in [0.15, 0.2) is 0 Å². The van der Waals surface area contributed by atoms with Crippen LogP contribution >= 0.6 is 27.3 Å². The van der Waals surface area contributed by atoms with Crippen LogP contribution in [0.2, 0.25) is 0 Å². The highest BCUT2D eigenvalue weighted by Crippen LogP contribution is 2.19. The second-order valence-corrected chi connectivity index (χ2v) is 6.69. The van der Waals surface area contributed by atoms with E-state index >= 15 is 0 Å². The minimum absolute atomic E-state index is 0.117. The van der Waals surface area contributed by atoms with Crippen molar-refractivity contribution in [2.24, 2.45) is 0 Å². The number of nitrogens with one attached hydrogen (secondary N) is 1. The maximum Gasteiger partial charge on any atom is 0.229 e. The van der Waals surface area contributed by atoms with Gasteiger partial charge < -0.3 is 10.1 Å². The molecule has 0 radical (unpaired) electrons. The van der Waals surface area contributed by atoms with Gasteiger partial charge in [0.25, 0.3) is 0 Å². The predicted octanol–water partition coefficient (Wildman–Crippen LogP) is 4.05. The first-order valence-electron chi connectivity index (χ1n) is 7.18. The van der Waals surface area contributed by atoms with Crippen LogP contribution in [0.15, 0.2) is 28.7 Å². The summed E-state index contributed by atoms with van der Waals surface area (Å²) in [5.74, 6) is 0.619. The molecule has 0 saturated carbocycles. The molecule has 0 atom stereocenters. The van der Waals surface area contributed by atoms with Gasteiger partial charge in [0.05, 0.1) is 13.0 Å². The van der Waals surface area contributed by atoms with Gasteiger partial charge in [0.2, 0.25) is 11.0 Å². The van der Waals surface area contributed by atoms with Crippen molar-refractivity contribution in [3.8, 4) is 5.75 Å². The van der Waals surface area contributed by atoms with Crippen molar-refractivity contribution >= 4 is 38.3 Å². The van der Waals surface area contributed by atoms with E-state index in [0.717, 1.165) is 34.5 Å². The van der Waals surface area contributed by atoms with Crippen molar-refractivity contribution in [1.82, 2.24) is 10.2 Å². The Bertz CT molecular complexity index is 618. The molecule has 1 heterocycles. The number of anilines is 1. The van der Waals surface area contributed by atoms with E-state index in [1.54, 1.807) is 0 Å². The van der Waals surface area contributed by atoms with Crippen molar-refractivity contribution in [3.63, 3.8) is 0 Å². The van der Waals surface area contributed by atoms with Crippen LogP contribution in [0.1, 0.15) is 31.2 Å². The summed E-state index contributed by atoms with van der Waals surface area (Å²) >= 11 is 4.81. The molecule has 0 spiro atoms. The molecular formula is C15H18BrN3O2S. The number of nitrogens with zero attached hydrogens (tertiary/aromatic N) is 2. The van der Waals surface area contributed by atoms with Gasteiger partial charge in [-0.15, -0.1) is 10.2 Å². The molecule has 1 aromatic carbocycles. The Kier molecular flexibility index (Phi) is 6.79. The second-order valence-electron chi connectivity index (χ2n) is 4.71. The van der Waals surface area contributed by atoms with E-state index in [-0.39, 0.29) is 12.3 Å². The molecular weight excluding hydrogens is 366 g/mol. The number of rotatable bonds is 8. The molecule has 0 fully saturated rings. The summed E-state index contributed by atoms with van der Waals surface area (Å²) in [6.07, 6.45) is 3.39. The first-order valence-corrected chi connectivity index (χ1v) is 8.79. The monoisotopic (exact) mass is 383 g/mol. The van der Waals surface area contributed by atoms with Gasteiger partial charge in [0.1, 0.15) is 10.8 Å². The minimum atomic E-state index is -0.117. The highest BCUT2D eigenvalue weighted by molar-refractivity contribution is 9.10. The summed E-state index contributed by atoms with van der Waals surface area (Å²) in [7, 11) is 0. The SMILES string of the molecule is CCCCc1nnc(NC(=O)CCOc2cccc(Br)c2)s1. The van der Waals surface area contributed by atoms with Crippen molar-refractivity contribution < 1.29 is 9.53 Å². The number of unbranched alkanes of at least 4 members (excludes halogenated alkanes) is 1. The van der Waals surface area contributed by atoms with Crippen molar-refractivity contribution in [2.45, 2.75) is 32.6 Å². The van der Waals surface area contributed by atoms with Crippen LogP contribution in [0, 0.1) is 0 Å². The number of hydrogen-bond donors (Lipinski definition) is 1. The Labute approximate surface area is 142 Å². The second kappa shape index (κ2) is 8.85. The molecule has 118 valence electrons. The standard InChI is InChI=1S/C15H18BrN3O2S/c1-2-3-7-14-18-19-15(22-14)17-13(20)8-9-21-12-6-4-5-11(16)10-12/h4-6,10H,2-3,7-9H2,1H3,(H,17,19,20). The summed E-state index contributed by atoms with van der Waals surface area (Å²) in [5, 5.41) is 12.3. The molecule has 2 rings (SSSR count). The van der Waals surface area contributed by atoms with E-state index in [1.807, 2.05) is 24.3 Å². The molecule has 2 aromatic rings. The summed E-state index contributed by atoms with van der Waals surface area (Å²) in [5.41, 5.74) is 0. The van der Waals surface area contributed by atoms with E-state index < -0.39 is 0 Å². The van der Waals surface area contributed by atoms with Gasteiger partial charge in [0, 0.05) is 10.9 Å². The maximum absolute atomic E-state index is 11.8. The number of hydrogen-bond acceptors (Lipinski definition) is 5. The molecule has 0 saturated heterocycles. The first kappa shape index (κ1) is 16.9.